The number of pyridine rings is 1. The number of nitrogens with two attached hydrogens (primary N) is 1. The predicted molar refractivity (Wildman–Crippen MR) is 82.7 cm³/mol. The Hall–Kier alpha value is -1.50. The van der Waals surface area contributed by atoms with Gasteiger partial charge in [-0.2, -0.15) is 0 Å². The monoisotopic (exact) mass is 355 g/mol. The van der Waals surface area contributed by atoms with Crippen LogP contribution in [0.4, 0.5) is 17.1 Å². The fourth-order valence-electron chi connectivity index (χ4n) is 1.53. The highest BCUT2D eigenvalue weighted by Crippen LogP contribution is 2.25. The summed E-state index contributed by atoms with van der Waals surface area (Å²) in [7, 11) is 1.59. The number of halogens is 1. The number of nitrogens with zero attached hydrogens (tertiary/aromatic N) is 1. The van der Waals surface area contributed by atoms with Crippen molar-refractivity contribution in [1.82, 2.24) is 4.98 Å². The van der Waals surface area contributed by atoms with Crippen LogP contribution in [0.25, 0.3) is 0 Å². The molecule has 0 saturated carbocycles. The Morgan fingerprint density at radius 3 is 2.78 bits per heavy atom. The number of alkyl halides is 1. The van der Waals surface area contributed by atoms with Crippen molar-refractivity contribution in [3.05, 3.63) is 42.1 Å². The summed E-state index contributed by atoms with van der Waals surface area (Å²) in [6, 6.07) is 9.70. The molecule has 0 spiro atoms. The topological polar surface area (TPSA) is 60.2 Å². The van der Waals surface area contributed by atoms with Gasteiger partial charge in [-0.15, -0.1) is 0 Å². The molecule has 5 heteroatoms. The quantitative estimate of drug-likeness (QED) is 0.502. The molecule has 0 amide bonds. The van der Waals surface area contributed by atoms with E-state index >= 15 is 0 Å². The minimum absolute atomic E-state index is 0.592. The van der Waals surface area contributed by atoms with Gasteiger partial charge in [-0.25, -0.2) is 4.98 Å². The van der Waals surface area contributed by atoms with Gasteiger partial charge in [0.15, 0.2) is 0 Å². The van der Waals surface area contributed by atoms with Crippen LogP contribution in [-0.4, -0.2) is 12.1 Å². The van der Waals surface area contributed by atoms with Gasteiger partial charge in [-0.05, 0) is 23.8 Å². The summed E-state index contributed by atoms with van der Waals surface area (Å²) in [6.45, 7) is 0. The number of nitrogens with one attached hydrogen (secondary N) is 1. The smallest absolute Gasteiger partial charge is 0.213 e. The molecule has 0 atom stereocenters. The summed E-state index contributed by atoms with van der Waals surface area (Å²) in [4.78, 5) is 4.14. The Kier molecular flexibility index (Phi) is 4.24. The van der Waals surface area contributed by atoms with Gasteiger partial charge < -0.3 is 15.8 Å². The first-order chi connectivity index (χ1) is 8.72. The predicted octanol–water partition coefficient (Wildman–Crippen LogP) is 3.35. The van der Waals surface area contributed by atoms with Crippen molar-refractivity contribution in [2.75, 3.05) is 18.2 Å². The largest absolute Gasteiger partial charge is 0.481 e. The molecule has 0 unspecified atom stereocenters. The SMILES string of the molecule is COc1ccc(Nc2cc(CI)ccc2N)cn1. The molecule has 2 aromatic rings. The van der Waals surface area contributed by atoms with Crippen molar-refractivity contribution >= 4 is 39.7 Å². The molecule has 0 bridgehead atoms. The molecule has 0 saturated heterocycles. The number of aromatic nitrogens is 1. The van der Waals surface area contributed by atoms with E-state index in [4.69, 9.17) is 10.5 Å². The van der Waals surface area contributed by atoms with Crippen LogP contribution in [0.2, 0.25) is 0 Å². The number of methoxy groups -OCH3 is 1. The minimum Gasteiger partial charge on any atom is -0.481 e. The summed E-state index contributed by atoms with van der Waals surface area (Å²) < 4.78 is 5.97. The second kappa shape index (κ2) is 5.90. The zero-order chi connectivity index (χ0) is 13.0. The van der Waals surface area contributed by atoms with Crippen LogP contribution in [0.5, 0.6) is 5.88 Å². The lowest BCUT2D eigenvalue weighted by atomic mass is 10.2. The number of anilines is 3. The first kappa shape index (κ1) is 12.9. The van der Waals surface area contributed by atoms with Crippen molar-refractivity contribution < 1.29 is 4.74 Å². The lowest BCUT2D eigenvalue weighted by molar-refractivity contribution is 0.398. The molecule has 0 aliphatic heterocycles. The van der Waals surface area contributed by atoms with E-state index in [1.807, 2.05) is 24.3 Å². The van der Waals surface area contributed by atoms with Gasteiger partial charge >= 0.3 is 0 Å². The highest BCUT2D eigenvalue weighted by molar-refractivity contribution is 14.1. The number of rotatable bonds is 4. The van der Waals surface area contributed by atoms with Crippen molar-refractivity contribution in [1.29, 1.82) is 0 Å². The molecule has 0 aliphatic rings. The second-order valence-electron chi connectivity index (χ2n) is 3.77. The lowest BCUT2D eigenvalue weighted by Gasteiger charge is -2.10. The number of ether oxygens (including phenoxy) is 1. The van der Waals surface area contributed by atoms with Crippen LogP contribution in [0, 0.1) is 0 Å². The van der Waals surface area contributed by atoms with Crippen molar-refractivity contribution in [2.45, 2.75) is 4.43 Å². The highest BCUT2D eigenvalue weighted by atomic mass is 127. The van der Waals surface area contributed by atoms with Crippen molar-refractivity contribution in [2.24, 2.45) is 0 Å². The number of nitrogen functional groups attached to an aromatic ring is 1. The summed E-state index contributed by atoms with van der Waals surface area (Å²) in [5.41, 5.74) is 9.67. The lowest BCUT2D eigenvalue weighted by Crippen LogP contribution is -1.98. The Morgan fingerprint density at radius 1 is 1.33 bits per heavy atom. The van der Waals surface area contributed by atoms with Crippen LogP contribution in [0.1, 0.15) is 5.56 Å². The van der Waals surface area contributed by atoms with E-state index in [1.54, 1.807) is 19.4 Å². The van der Waals surface area contributed by atoms with E-state index in [2.05, 4.69) is 32.9 Å². The maximum Gasteiger partial charge on any atom is 0.213 e. The van der Waals surface area contributed by atoms with Gasteiger partial charge in [0, 0.05) is 10.5 Å². The molecular formula is C13H14IN3O. The maximum atomic E-state index is 5.94. The van der Waals surface area contributed by atoms with Gasteiger partial charge in [-0.3, -0.25) is 0 Å². The molecule has 18 heavy (non-hydrogen) atoms. The van der Waals surface area contributed by atoms with E-state index in [0.717, 1.165) is 21.5 Å². The second-order valence-corrected chi connectivity index (χ2v) is 4.53. The third kappa shape index (κ3) is 3.04. The van der Waals surface area contributed by atoms with Crippen LogP contribution < -0.4 is 15.8 Å². The van der Waals surface area contributed by atoms with Gasteiger partial charge in [0.05, 0.1) is 30.4 Å². The summed E-state index contributed by atoms with van der Waals surface area (Å²) in [6.07, 6.45) is 1.72. The zero-order valence-electron chi connectivity index (χ0n) is 9.98. The van der Waals surface area contributed by atoms with Gasteiger partial charge in [0.2, 0.25) is 5.88 Å². The van der Waals surface area contributed by atoms with E-state index in [9.17, 15) is 0 Å². The van der Waals surface area contributed by atoms with Crippen molar-refractivity contribution in [3.8, 4) is 5.88 Å². The summed E-state index contributed by atoms with van der Waals surface area (Å²) in [5, 5.41) is 3.25. The number of hydrogen-bond donors (Lipinski definition) is 2. The zero-order valence-corrected chi connectivity index (χ0v) is 12.1. The van der Waals surface area contributed by atoms with Gasteiger partial charge in [0.1, 0.15) is 0 Å². The molecular weight excluding hydrogens is 341 g/mol. The number of hydrogen-bond acceptors (Lipinski definition) is 4. The molecule has 1 aromatic carbocycles. The Bertz CT molecular complexity index is 528. The van der Waals surface area contributed by atoms with E-state index in [-0.39, 0.29) is 0 Å². The van der Waals surface area contributed by atoms with Crippen LogP contribution >= 0.6 is 22.6 Å². The fraction of sp³-hybridized carbons (Fsp3) is 0.154. The molecule has 0 aliphatic carbocycles. The third-order valence-electron chi connectivity index (χ3n) is 2.50. The Morgan fingerprint density at radius 2 is 2.17 bits per heavy atom. The molecule has 4 nitrogen and oxygen atoms in total. The molecule has 3 N–H and O–H groups in total. The minimum atomic E-state index is 0.592. The molecule has 2 rings (SSSR count). The molecule has 1 heterocycles. The standard InChI is InChI=1S/C13H14IN3O/c1-18-13-5-3-10(8-16-13)17-12-6-9(7-14)2-4-11(12)15/h2-6,8,17H,7,15H2,1H3. The van der Waals surface area contributed by atoms with Crippen LogP contribution in [0.3, 0.4) is 0 Å². The van der Waals surface area contributed by atoms with Crippen LogP contribution in [0.15, 0.2) is 36.5 Å². The third-order valence-corrected chi connectivity index (χ3v) is 3.38. The molecule has 0 fully saturated rings. The van der Waals surface area contributed by atoms with E-state index < -0.39 is 0 Å². The molecule has 94 valence electrons. The van der Waals surface area contributed by atoms with E-state index in [0.29, 0.717) is 5.88 Å². The maximum absolute atomic E-state index is 5.94. The van der Waals surface area contributed by atoms with Crippen molar-refractivity contribution in [3.63, 3.8) is 0 Å². The van der Waals surface area contributed by atoms with E-state index in [1.165, 1.54) is 5.56 Å². The average molecular weight is 355 g/mol. The van der Waals surface area contributed by atoms with Crippen LogP contribution in [-0.2, 0) is 4.43 Å². The normalized spacial score (nSPS) is 10.1. The molecule has 1 aromatic heterocycles. The first-order valence-corrected chi connectivity index (χ1v) is 6.97. The summed E-state index contributed by atoms with van der Waals surface area (Å²) >= 11 is 2.32. The first-order valence-electron chi connectivity index (χ1n) is 5.44. The highest BCUT2D eigenvalue weighted by Gasteiger charge is 2.02. The van der Waals surface area contributed by atoms with Gasteiger partial charge in [0.25, 0.3) is 0 Å². The number of benzene rings is 1. The fourth-order valence-corrected chi connectivity index (χ4v) is 2.00. The Balaban J connectivity index is 2.21. The Labute approximate surface area is 120 Å². The van der Waals surface area contributed by atoms with Gasteiger partial charge in [-0.1, -0.05) is 28.7 Å². The molecule has 0 radical (unpaired) electrons. The summed E-state index contributed by atoms with van der Waals surface area (Å²) in [5.74, 6) is 0.592. The average Bonchev–Trinajstić information content (AvgIpc) is 2.42.